The van der Waals surface area contributed by atoms with Crippen LogP contribution in [-0.4, -0.2) is 30.4 Å². The number of hydrogen-bond donors (Lipinski definition) is 1. The highest BCUT2D eigenvalue weighted by molar-refractivity contribution is 5.94. The summed E-state index contributed by atoms with van der Waals surface area (Å²) in [6.45, 7) is 3.01. The van der Waals surface area contributed by atoms with Crippen LogP contribution < -0.4 is 5.32 Å². The second-order valence-corrected chi connectivity index (χ2v) is 4.32. The van der Waals surface area contributed by atoms with Gasteiger partial charge in [-0.15, -0.1) is 0 Å². The lowest BCUT2D eigenvalue weighted by atomic mass is 10.1. The maximum absolute atomic E-state index is 12.2. The molecule has 16 heavy (non-hydrogen) atoms. The fourth-order valence-corrected chi connectivity index (χ4v) is 2.18. The molecule has 3 heteroatoms. The van der Waals surface area contributed by atoms with Crippen molar-refractivity contribution in [1.82, 2.24) is 4.90 Å². The molecule has 1 aromatic carbocycles. The number of rotatable bonds is 2. The molecule has 0 aromatic heterocycles. The average Bonchev–Trinajstić information content (AvgIpc) is 2.75. The molecule has 1 fully saturated rings. The lowest BCUT2D eigenvalue weighted by Crippen LogP contribution is -2.33. The number of carbonyl (C=O) groups is 1. The molecule has 1 aliphatic rings. The van der Waals surface area contributed by atoms with Crippen molar-refractivity contribution in [2.24, 2.45) is 0 Å². The summed E-state index contributed by atoms with van der Waals surface area (Å²) >= 11 is 0. The molecular formula is C13H18N2O. The molecule has 86 valence electrons. The molecule has 1 atom stereocenters. The van der Waals surface area contributed by atoms with Crippen LogP contribution in [0.3, 0.4) is 0 Å². The van der Waals surface area contributed by atoms with E-state index in [2.05, 4.69) is 12.2 Å². The van der Waals surface area contributed by atoms with E-state index in [1.54, 1.807) is 0 Å². The Bertz CT molecular complexity index is 372. The molecule has 1 saturated heterocycles. The van der Waals surface area contributed by atoms with Gasteiger partial charge >= 0.3 is 0 Å². The first kappa shape index (κ1) is 11.0. The van der Waals surface area contributed by atoms with Crippen molar-refractivity contribution < 1.29 is 4.79 Å². The normalized spacial score (nSPS) is 19.9. The van der Waals surface area contributed by atoms with Gasteiger partial charge in [-0.3, -0.25) is 4.79 Å². The number of anilines is 1. The zero-order chi connectivity index (χ0) is 11.5. The van der Waals surface area contributed by atoms with E-state index < -0.39 is 0 Å². The van der Waals surface area contributed by atoms with E-state index in [1.165, 1.54) is 0 Å². The smallest absolute Gasteiger partial charge is 0.254 e. The number of hydrogen-bond acceptors (Lipinski definition) is 2. The molecule has 1 aliphatic heterocycles. The van der Waals surface area contributed by atoms with E-state index in [1.807, 2.05) is 36.2 Å². The Morgan fingerprint density at radius 3 is 2.56 bits per heavy atom. The fourth-order valence-electron chi connectivity index (χ4n) is 2.18. The van der Waals surface area contributed by atoms with Gasteiger partial charge in [0.05, 0.1) is 0 Å². The highest BCUT2D eigenvalue weighted by atomic mass is 16.2. The van der Waals surface area contributed by atoms with E-state index in [4.69, 9.17) is 0 Å². The molecule has 1 N–H and O–H groups in total. The first-order valence-electron chi connectivity index (χ1n) is 5.81. The zero-order valence-corrected chi connectivity index (χ0v) is 9.86. The molecule has 0 spiro atoms. The topological polar surface area (TPSA) is 32.3 Å². The second kappa shape index (κ2) is 4.56. The molecule has 1 aromatic rings. The van der Waals surface area contributed by atoms with E-state index in [0.29, 0.717) is 6.04 Å². The van der Waals surface area contributed by atoms with Crippen molar-refractivity contribution in [2.75, 3.05) is 18.9 Å². The van der Waals surface area contributed by atoms with Crippen LogP contribution in [-0.2, 0) is 0 Å². The molecular weight excluding hydrogens is 200 g/mol. The van der Waals surface area contributed by atoms with Crippen LogP contribution in [0.2, 0.25) is 0 Å². The van der Waals surface area contributed by atoms with E-state index in [-0.39, 0.29) is 5.91 Å². The third-order valence-corrected chi connectivity index (χ3v) is 3.23. The molecule has 1 unspecified atom stereocenters. The quantitative estimate of drug-likeness (QED) is 0.826. The van der Waals surface area contributed by atoms with Crippen molar-refractivity contribution >= 4 is 11.6 Å². The lowest BCUT2D eigenvalue weighted by Gasteiger charge is -2.21. The van der Waals surface area contributed by atoms with Crippen molar-refractivity contribution in [3.63, 3.8) is 0 Å². The van der Waals surface area contributed by atoms with Gasteiger partial charge in [-0.1, -0.05) is 0 Å². The molecule has 2 rings (SSSR count). The highest BCUT2D eigenvalue weighted by Gasteiger charge is 2.25. The summed E-state index contributed by atoms with van der Waals surface area (Å²) < 4.78 is 0. The SMILES string of the molecule is CNc1ccc(C(=O)N2CCCC2C)cc1. The van der Waals surface area contributed by atoms with Crippen LogP contribution in [0.5, 0.6) is 0 Å². The third-order valence-electron chi connectivity index (χ3n) is 3.23. The summed E-state index contributed by atoms with van der Waals surface area (Å²) in [5, 5.41) is 3.05. The predicted octanol–water partition coefficient (Wildman–Crippen LogP) is 2.35. The molecule has 3 nitrogen and oxygen atoms in total. The summed E-state index contributed by atoms with van der Waals surface area (Å²) in [5.74, 6) is 0.160. The monoisotopic (exact) mass is 218 g/mol. The average molecular weight is 218 g/mol. The van der Waals surface area contributed by atoms with Crippen LogP contribution >= 0.6 is 0 Å². The summed E-state index contributed by atoms with van der Waals surface area (Å²) in [7, 11) is 1.87. The number of nitrogens with zero attached hydrogens (tertiary/aromatic N) is 1. The number of likely N-dealkylation sites (tertiary alicyclic amines) is 1. The van der Waals surface area contributed by atoms with Gasteiger partial charge in [0, 0.05) is 30.9 Å². The maximum atomic E-state index is 12.2. The highest BCUT2D eigenvalue weighted by Crippen LogP contribution is 2.20. The van der Waals surface area contributed by atoms with Gasteiger partial charge in [-0.2, -0.15) is 0 Å². The van der Waals surface area contributed by atoms with Crippen molar-refractivity contribution in [1.29, 1.82) is 0 Å². The molecule has 0 saturated carbocycles. The van der Waals surface area contributed by atoms with E-state index in [0.717, 1.165) is 30.6 Å². The Kier molecular flexibility index (Phi) is 3.13. The molecule has 1 amide bonds. The summed E-state index contributed by atoms with van der Waals surface area (Å²) in [6.07, 6.45) is 2.25. The Morgan fingerprint density at radius 2 is 2.06 bits per heavy atom. The minimum atomic E-state index is 0.160. The lowest BCUT2D eigenvalue weighted by molar-refractivity contribution is 0.0747. The first-order chi connectivity index (χ1) is 7.72. The summed E-state index contributed by atoms with van der Waals surface area (Å²) in [6, 6.07) is 8.04. The fraction of sp³-hybridized carbons (Fsp3) is 0.462. The van der Waals surface area contributed by atoms with Gasteiger partial charge in [-0.25, -0.2) is 0 Å². The Hall–Kier alpha value is -1.51. The zero-order valence-electron chi connectivity index (χ0n) is 9.86. The third kappa shape index (κ3) is 2.03. The standard InChI is InChI=1S/C13H18N2O/c1-10-4-3-9-15(10)13(16)11-5-7-12(14-2)8-6-11/h5-8,10,14H,3-4,9H2,1-2H3. The molecule has 0 bridgehead atoms. The van der Waals surface area contributed by atoms with Gasteiger partial charge in [0.2, 0.25) is 0 Å². The van der Waals surface area contributed by atoms with E-state index in [9.17, 15) is 4.79 Å². The van der Waals surface area contributed by atoms with Gasteiger partial charge in [0.15, 0.2) is 0 Å². The number of carbonyl (C=O) groups excluding carboxylic acids is 1. The van der Waals surface area contributed by atoms with Gasteiger partial charge < -0.3 is 10.2 Å². The van der Waals surface area contributed by atoms with Gasteiger partial charge in [-0.05, 0) is 44.0 Å². The second-order valence-electron chi connectivity index (χ2n) is 4.32. The van der Waals surface area contributed by atoms with E-state index >= 15 is 0 Å². The van der Waals surface area contributed by atoms with Crippen molar-refractivity contribution in [2.45, 2.75) is 25.8 Å². The Morgan fingerprint density at radius 1 is 1.38 bits per heavy atom. The van der Waals surface area contributed by atoms with Gasteiger partial charge in [0.25, 0.3) is 5.91 Å². The summed E-state index contributed by atoms with van der Waals surface area (Å²) in [4.78, 5) is 14.1. The van der Waals surface area contributed by atoms with Crippen molar-refractivity contribution in [3.8, 4) is 0 Å². The number of amides is 1. The molecule has 0 radical (unpaired) electrons. The van der Waals surface area contributed by atoms with Crippen LogP contribution in [0.15, 0.2) is 24.3 Å². The Balaban J connectivity index is 2.14. The minimum Gasteiger partial charge on any atom is -0.388 e. The summed E-state index contributed by atoms with van der Waals surface area (Å²) in [5.41, 5.74) is 1.82. The van der Waals surface area contributed by atoms with Crippen LogP contribution in [0.1, 0.15) is 30.1 Å². The number of nitrogens with one attached hydrogen (secondary N) is 1. The molecule has 0 aliphatic carbocycles. The van der Waals surface area contributed by atoms with Crippen LogP contribution in [0.4, 0.5) is 5.69 Å². The Labute approximate surface area is 96.5 Å². The maximum Gasteiger partial charge on any atom is 0.254 e. The van der Waals surface area contributed by atoms with Crippen LogP contribution in [0.25, 0.3) is 0 Å². The van der Waals surface area contributed by atoms with Crippen molar-refractivity contribution in [3.05, 3.63) is 29.8 Å². The predicted molar refractivity (Wildman–Crippen MR) is 65.7 cm³/mol. The number of benzene rings is 1. The first-order valence-corrected chi connectivity index (χ1v) is 5.81. The van der Waals surface area contributed by atoms with Crippen LogP contribution in [0, 0.1) is 0 Å². The minimum absolute atomic E-state index is 0.160. The largest absolute Gasteiger partial charge is 0.388 e. The molecule has 1 heterocycles. The van der Waals surface area contributed by atoms with Gasteiger partial charge in [0.1, 0.15) is 0 Å².